The lowest BCUT2D eigenvalue weighted by Gasteiger charge is -2.07. The van der Waals surface area contributed by atoms with Gasteiger partial charge in [-0.1, -0.05) is 6.42 Å². The summed E-state index contributed by atoms with van der Waals surface area (Å²) in [6.07, 6.45) is 10.9. The van der Waals surface area contributed by atoms with Crippen molar-refractivity contribution in [3.05, 3.63) is 42.1 Å². The Hall–Kier alpha value is -2.28. The van der Waals surface area contributed by atoms with Crippen molar-refractivity contribution in [3.63, 3.8) is 0 Å². The molecule has 0 bridgehead atoms. The molecule has 0 atom stereocenters. The molecule has 3 aromatic rings. The minimum Gasteiger partial charge on any atom is -0.265 e. The molecule has 0 spiro atoms. The van der Waals surface area contributed by atoms with Crippen LogP contribution in [0.15, 0.2) is 41.0 Å². The van der Waals surface area contributed by atoms with E-state index in [1.54, 1.807) is 18.7 Å². The molecule has 0 aromatic carbocycles. The zero-order chi connectivity index (χ0) is 15.5. The van der Waals surface area contributed by atoms with Crippen LogP contribution in [0.4, 0.5) is 0 Å². The van der Waals surface area contributed by atoms with E-state index in [2.05, 4.69) is 30.1 Å². The van der Waals surface area contributed by atoms with Crippen LogP contribution in [0.3, 0.4) is 0 Å². The predicted octanol–water partition coefficient (Wildman–Crippen LogP) is 3.08. The first kappa shape index (κ1) is 14.3. The summed E-state index contributed by atoms with van der Waals surface area (Å²) in [4.78, 5) is 17.5. The van der Waals surface area contributed by atoms with E-state index in [9.17, 15) is 0 Å². The summed E-state index contributed by atoms with van der Waals surface area (Å²) < 4.78 is 0. The summed E-state index contributed by atoms with van der Waals surface area (Å²) in [5.41, 5.74) is 3.43. The molecule has 0 amide bonds. The maximum atomic E-state index is 4.56. The Balaban J connectivity index is 1.61. The van der Waals surface area contributed by atoms with E-state index in [4.69, 9.17) is 0 Å². The van der Waals surface area contributed by atoms with Gasteiger partial charge in [-0.3, -0.25) is 10.1 Å². The molecule has 1 aliphatic carbocycles. The van der Waals surface area contributed by atoms with Crippen molar-refractivity contribution in [3.8, 4) is 11.4 Å². The van der Waals surface area contributed by atoms with Gasteiger partial charge in [0.1, 0.15) is 11.4 Å². The number of rotatable bonds is 3. The van der Waals surface area contributed by atoms with Crippen LogP contribution in [0.2, 0.25) is 0 Å². The Morgan fingerprint density at radius 2 is 1.87 bits per heavy atom. The van der Waals surface area contributed by atoms with E-state index in [1.807, 2.05) is 12.1 Å². The number of pyridine rings is 1. The van der Waals surface area contributed by atoms with E-state index >= 15 is 0 Å². The number of H-pyrrole nitrogens is 1. The van der Waals surface area contributed by atoms with Crippen molar-refractivity contribution in [1.29, 1.82) is 0 Å². The van der Waals surface area contributed by atoms with Gasteiger partial charge in [0, 0.05) is 29.2 Å². The van der Waals surface area contributed by atoms with E-state index in [0.29, 0.717) is 5.16 Å². The molecule has 0 saturated carbocycles. The quantitative estimate of drug-likeness (QED) is 0.589. The largest absolute Gasteiger partial charge is 0.265 e. The number of hydrogen-bond acceptors (Lipinski definition) is 6. The number of fused-ring (bicyclic) bond motifs is 1. The SMILES string of the molecule is c1cc(-c2nc(Sc3ncnc4c3CCCCC4)n[nH]2)ccn1. The maximum absolute atomic E-state index is 4.56. The third-order valence-electron chi connectivity index (χ3n) is 3.94. The zero-order valence-electron chi connectivity index (χ0n) is 12.6. The van der Waals surface area contributed by atoms with Crippen molar-refractivity contribution in [2.45, 2.75) is 42.3 Å². The van der Waals surface area contributed by atoms with Gasteiger partial charge >= 0.3 is 0 Å². The average Bonchev–Trinajstić information content (AvgIpc) is 2.92. The molecule has 0 radical (unpaired) electrons. The molecule has 3 aromatic heterocycles. The van der Waals surface area contributed by atoms with Crippen LogP contribution in [0.5, 0.6) is 0 Å². The van der Waals surface area contributed by atoms with Crippen LogP contribution in [-0.2, 0) is 12.8 Å². The summed E-state index contributed by atoms with van der Waals surface area (Å²) in [6.45, 7) is 0. The molecule has 4 rings (SSSR count). The Labute approximate surface area is 138 Å². The van der Waals surface area contributed by atoms with Crippen LogP contribution >= 0.6 is 11.8 Å². The van der Waals surface area contributed by atoms with E-state index < -0.39 is 0 Å². The van der Waals surface area contributed by atoms with E-state index in [-0.39, 0.29) is 0 Å². The molecule has 0 fully saturated rings. The minimum absolute atomic E-state index is 0.682. The Bertz CT molecular complexity index is 801. The van der Waals surface area contributed by atoms with Crippen LogP contribution < -0.4 is 0 Å². The van der Waals surface area contributed by atoms with Crippen LogP contribution in [-0.4, -0.2) is 30.1 Å². The number of nitrogens with zero attached hydrogens (tertiary/aromatic N) is 5. The van der Waals surface area contributed by atoms with Gasteiger partial charge in [0.15, 0.2) is 5.82 Å². The Kier molecular flexibility index (Phi) is 4.02. The highest BCUT2D eigenvalue weighted by atomic mass is 32.2. The Morgan fingerprint density at radius 3 is 2.78 bits per heavy atom. The number of nitrogens with one attached hydrogen (secondary N) is 1. The van der Waals surface area contributed by atoms with Crippen LogP contribution in [0.25, 0.3) is 11.4 Å². The average molecular weight is 324 g/mol. The molecule has 3 heterocycles. The number of hydrogen-bond donors (Lipinski definition) is 1. The maximum Gasteiger partial charge on any atom is 0.215 e. The molecule has 1 aliphatic rings. The standard InChI is InChI=1S/C16H16N6S/c1-2-4-12-13(5-3-1)18-10-19-15(12)23-16-20-14(21-22-16)11-6-8-17-9-7-11/h6-10H,1-5H2,(H,20,21,22). The lowest BCUT2D eigenvalue weighted by Crippen LogP contribution is -2.00. The third-order valence-corrected chi connectivity index (χ3v) is 4.85. The van der Waals surface area contributed by atoms with Crippen molar-refractivity contribution in [2.24, 2.45) is 0 Å². The summed E-state index contributed by atoms with van der Waals surface area (Å²) in [5.74, 6) is 0.745. The van der Waals surface area contributed by atoms with Gasteiger partial charge in [0.05, 0.1) is 0 Å². The normalized spacial score (nSPS) is 14.3. The van der Waals surface area contributed by atoms with Gasteiger partial charge in [0.2, 0.25) is 5.16 Å². The molecular formula is C16H16N6S. The van der Waals surface area contributed by atoms with Gasteiger partial charge < -0.3 is 0 Å². The fraction of sp³-hybridized carbons (Fsp3) is 0.312. The highest BCUT2D eigenvalue weighted by molar-refractivity contribution is 7.99. The second-order valence-corrected chi connectivity index (χ2v) is 6.43. The monoisotopic (exact) mass is 324 g/mol. The zero-order valence-corrected chi connectivity index (χ0v) is 13.4. The molecular weight excluding hydrogens is 308 g/mol. The minimum atomic E-state index is 0.682. The van der Waals surface area contributed by atoms with E-state index in [0.717, 1.165) is 29.3 Å². The summed E-state index contributed by atoms with van der Waals surface area (Å²) in [6, 6.07) is 3.82. The number of aryl methyl sites for hydroxylation is 1. The van der Waals surface area contributed by atoms with Gasteiger partial charge in [-0.15, -0.1) is 5.10 Å². The predicted molar refractivity (Wildman–Crippen MR) is 87.0 cm³/mol. The van der Waals surface area contributed by atoms with Gasteiger partial charge in [-0.25, -0.2) is 15.0 Å². The molecule has 7 heteroatoms. The van der Waals surface area contributed by atoms with Crippen molar-refractivity contribution >= 4 is 11.8 Å². The second kappa shape index (κ2) is 6.45. The second-order valence-electron chi connectivity index (χ2n) is 5.47. The third kappa shape index (κ3) is 3.10. The lowest BCUT2D eigenvalue weighted by atomic mass is 10.1. The first-order valence-corrected chi connectivity index (χ1v) is 8.55. The fourth-order valence-corrected chi connectivity index (χ4v) is 3.62. The topological polar surface area (TPSA) is 80.2 Å². The molecule has 1 N–H and O–H groups in total. The smallest absolute Gasteiger partial charge is 0.215 e. The van der Waals surface area contributed by atoms with Crippen LogP contribution in [0.1, 0.15) is 30.5 Å². The Morgan fingerprint density at radius 1 is 1.00 bits per heavy atom. The number of aromatic amines is 1. The summed E-state index contributed by atoms with van der Waals surface area (Å²) >= 11 is 1.51. The molecule has 23 heavy (non-hydrogen) atoms. The molecule has 0 unspecified atom stereocenters. The molecule has 6 nitrogen and oxygen atoms in total. The van der Waals surface area contributed by atoms with Gasteiger partial charge in [-0.2, -0.15) is 0 Å². The number of aromatic nitrogens is 6. The van der Waals surface area contributed by atoms with Crippen molar-refractivity contribution < 1.29 is 0 Å². The van der Waals surface area contributed by atoms with Gasteiger partial charge in [-0.05, 0) is 49.6 Å². The molecule has 0 saturated heterocycles. The van der Waals surface area contributed by atoms with Gasteiger partial charge in [0.25, 0.3) is 0 Å². The molecule has 116 valence electrons. The fourth-order valence-electron chi connectivity index (χ4n) is 2.77. The highest BCUT2D eigenvalue weighted by Gasteiger charge is 2.17. The first-order chi connectivity index (χ1) is 11.4. The van der Waals surface area contributed by atoms with Crippen molar-refractivity contribution in [1.82, 2.24) is 30.1 Å². The van der Waals surface area contributed by atoms with Crippen LogP contribution in [0, 0.1) is 0 Å². The summed E-state index contributed by atoms with van der Waals surface area (Å²) in [5, 5.41) is 8.95. The first-order valence-electron chi connectivity index (χ1n) is 7.73. The summed E-state index contributed by atoms with van der Waals surface area (Å²) in [7, 11) is 0. The van der Waals surface area contributed by atoms with Crippen molar-refractivity contribution in [2.75, 3.05) is 0 Å². The van der Waals surface area contributed by atoms with E-state index in [1.165, 1.54) is 42.3 Å². The lowest BCUT2D eigenvalue weighted by molar-refractivity contribution is 0.707. The molecule has 0 aliphatic heterocycles. The highest BCUT2D eigenvalue weighted by Crippen LogP contribution is 2.31.